The zero-order valence-electron chi connectivity index (χ0n) is 18.5. The molecule has 1 amide bonds. The molecule has 8 nitrogen and oxygen atoms in total. The van der Waals surface area contributed by atoms with Gasteiger partial charge in [-0.05, 0) is 56.9 Å². The average Bonchev–Trinajstić information content (AvgIpc) is 3.35. The Morgan fingerprint density at radius 3 is 2.45 bits per heavy atom. The SMILES string of the molecule is CC(C)(O)[C@@H]1CCN(S(=O)(=O)C2CCN(C(=O)/C=C/c3ccc4c(c3)OC(F)(F)O4)CC2)C1. The number of nitrogens with zero attached hydrogens (tertiary/aromatic N) is 2. The molecule has 11 heteroatoms. The van der Waals surface area contributed by atoms with Gasteiger partial charge in [0.05, 0.1) is 10.9 Å². The van der Waals surface area contributed by atoms with Crippen LogP contribution < -0.4 is 9.47 Å². The van der Waals surface area contributed by atoms with Gasteiger partial charge in [0.15, 0.2) is 11.5 Å². The van der Waals surface area contributed by atoms with Crippen LogP contribution in [0.2, 0.25) is 0 Å². The lowest BCUT2D eigenvalue weighted by molar-refractivity contribution is -0.286. The first-order valence-corrected chi connectivity index (χ1v) is 12.4. The molecular weight excluding hydrogens is 458 g/mol. The fraction of sp³-hybridized carbons (Fsp3) is 0.591. The first-order chi connectivity index (χ1) is 15.3. The maximum Gasteiger partial charge on any atom is 0.586 e. The smallest absolute Gasteiger partial charge is 0.395 e. The fourth-order valence-corrected chi connectivity index (χ4v) is 6.44. The van der Waals surface area contributed by atoms with Crippen molar-refractivity contribution in [3.63, 3.8) is 0 Å². The first kappa shape index (κ1) is 23.9. The predicted octanol–water partition coefficient (Wildman–Crippen LogP) is 2.43. The van der Waals surface area contributed by atoms with E-state index in [0.717, 1.165) is 0 Å². The van der Waals surface area contributed by atoms with Gasteiger partial charge in [-0.1, -0.05) is 6.07 Å². The van der Waals surface area contributed by atoms with Gasteiger partial charge in [0, 0.05) is 38.2 Å². The van der Waals surface area contributed by atoms with Crippen LogP contribution in [0, 0.1) is 5.92 Å². The van der Waals surface area contributed by atoms with E-state index in [2.05, 4.69) is 9.47 Å². The minimum Gasteiger partial charge on any atom is -0.395 e. The monoisotopic (exact) mass is 486 g/mol. The number of aliphatic hydroxyl groups is 1. The van der Waals surface area contributed by atoms with Gasteiger partial charge in [-0.2, -0.15) is 0 Å². The molecule has 0 bridgehead atoms. The van der Waals surface area contributed by atoms with Crippen LogP contribution in [0.4, 0.5) is 8.78 Å². The highest BCUT2D eigenvalue weighted by Crippen LogP contribution is 2.41. The summed E-state index contributed by atoms with van der Waals surface area (Å²) in [6.45, 7) is 4.73. The van der Waals surface area contributed by atoms with Crippen molar-refractivity contribution in [2.75, 3.05) is 26.2 Å². The second kappa shape index (κ2) is 8.52. The molecule has 0 unspecified atom stereocenters. The van der Waals surface area contributed by atoms with Gasteiger partial charge < -0.3 is 19.5 Å². The Morgan fingerprint density at radius 1 is 1.15 bits per heavy atom. The van der Waals surface area contributed by atoms with Crippen LogP contribution in [0.15, 0.2) is 24.3 Å². The van der Waals surface area contributed by atoms with E-state index >= 15 is 0 Å². The number of carbonyl (C=O) groups is 1. The summed E-state index contributed by atoms with van der Waals surface area (Å²) in [5, 5.41) is 9.64. The molecule has 33 heavy (non-hydrogen) atoms. The Balaban J connectivity index is 1.31. The van der Waals surface area contributed by atoms with E-state index in [1.807, 2.05) is 0 Å². The van der Waals surface area contributed by atoms with Crippen LogP contribution in [-0.2, 0) is 14.8 Å². The van der Waals surface area contributed by atoms with E-state index < -0.39 is 27.2 Å². The van der Waals surface area contributed by atoms with Crippen molar-refractivity contribution in [2.45, 2.75) is 50.3 Å². The predicted molar refractivity (Wildman–Crippen MR) is 116 cm³/mol. The number of rotatable bonds is 5. The standard InChI is InChI=1S/C22H28F2N2O6S/c1-21(2,28)16-7-12-26(14-16)33(29,30)17-8-10-25(11-9-17)20(27)6-4-15-3-5-18-19(13-15)32-22(23,24)31-18/h3-6,13,16-17,28H,7-12,14H2,1-2H3/b6-4+/t16-/m1/s1. The van der Waals surface area contributed by atoms with E-state index in [9.17, 15) is 27.1 Å². The zero-order chi connectivity index (χ0) is 24.0. The number of sulfonamides is 1. The molecule has 1 atom stereocenters. The number of fused-ring (bicyclic) bond motifs is 1. The molecule has 1 N–H and O–H groups in total. The van der Waals surface area contributed by atoms with Gasteiger partial charge in [-0.15, -0.1) is 8.78 Å². The minimum atomic E-state index is -3.70. The third-order valence-electron chi connectivity index (χ3n) is 6.53. The summed E-state index contributed by atoms with van der Waals surface area (Å²) in [7, 11) is -3.50. The number of hydrogen-bond donors (Lipinski definition) is 1. The maximum absolute atomic E-state index is 13.1. The van der Waals surface area contributed by atoms with Crippen molar-refractivity contribution in [1.82, 2.24) is 9.21 Å². The molecule has 0 saturated carbocycles. The molecule has 1 aromatic carbocycles. The van der Waals surface area contributed by atoms with E-state index in [0.29, 0.717) is 51.0 Å². The Morgan fingerprint density at radius 2 is 1.82 bits per heavy atom. The Hall–Kier alpha value is -2.24. The quantitative estimate of drug-likeness (QED) is 0.643. The number of alkyl halides is 2. The highest BCUT2D eigenvalue weighted by Gasteiger charge is 2.44. The van der Waals surface area contributed by atoms with Crippen molar-refractivity contribution in [3.8, 4) is 11.5 Å². The van der Waals surface area contributed by atoms with Crippen molar-refractivity contribution in [3.05, 3.63) is 29.8 Å². The molecule has 1 aromatic rings. The van der Waals surface area contributed by atoms with E-state index in [4.69, 9.17) is 0 Å². The Bertz CT molecular complexity index is 1050. The summed E-state index contributed by atoms with van der Waals surface area (Å²) < 4.78 is 62.6. The average molecular weight is 487 g/mol. The van der Waals surface area contributed by atoms with Crippen LogP contribution in [0.25, 0.3) is 6.08 Å². The van der Waals surface area contributed by atoms with Crippen LogP contribution in [0.3, 0.4) is 0 Å². The van der Waals surface area contributed by atoms with Crippen LogP contribution in [0.1, 0.15) is 38.7 Å². The second-order valence-corrected chi connectivity index (χ2v) is 11.5. The lowest BCUT2D eigenvalue weighted by atomic mass is 9.91. The largest absolute Gasteiger partial charge is 0.586 e. The summed E-state index contributed by atoms with van der Waals surface area (Å²) in [6.07, 6.45) is 0.429. The second-order valence-electron chi connectivity index (χ2n) is 9.27. The number of hydrogen-bond acceptors (Lipinski definition) is 6. The summed E-state index contributed by atoms with van der Waals surface area (Å²) in [4.78, 5) is 14.1. The molecule has 3 heterocycles. The number of halogens is 2. The molecule has 0 aliphatic carbocycles. The number of piperidine rings is 1. The highest BCUT2D eigenvalue weighted by molar-refractivity contribution is 7.89. The van der Waals surface area contributed by atoms with Gasteiger partial charge in [0.2, 0.25) is 15.9 Å². The summed E-state index contributed by atoms with van der Waals surface area (Å²) >= 11 is 0. The fourth-order valence-electron chi connectivity index (χ4n) is 4.46. The molecule has 2 fully saturated rings. The van der Waals surface area contributed by atoms with Crippen molar-refractivity contribution >= 4 is 22.0 Å². The van der Waals surface area contributed by atoms with E-state index in [-0.39, 0.29) is 23.3 Å². The first-order valence-electron chi connectivity index (χ1n) is 10.9. The molecule has 3 aliphatic rings. The van der Waals surface area contributed by atoms with Gasteiger partial charge in [-0.25, -0.2) is 12.7 Å². The van der Waals surface area contributed by atoms with E-state index in [1.165, 1.54) is 34.7 Å². The van der Waals surface area contributed by atoms with Crippen molar-refractivity contribution < 1.29 is 36.6 Å². The zero-order valence-corrected chi connectivity index (χ0v) is 19.4. The number of benzene rings is 1. The third kappa shape index (κ3) is 5.15. The van der Waals surface area contributed by atoms with Crippen molar-refractivity contribution in [2.24, 2.45) is 5.92 Å². The molecular formula is C22H28F2N2O6S. The van der Waals surface area contributed by atoms with Gasteiger partial charge in [0.25, 0.3) is 0 Å². The molecule has 0 aromatic heterocycles. The summed E-state index contributed by atoms with van der Waals surface area (Å²) in [5.41, 5.74) is -0.429. The van der Waals surface area contributed by atoms with Gasteiger partial charge >= 0.3 is 6.29 Å². The molecule has 0 radical (unpaired) electrons. The van der Waals surface area contributed by atoms with Crippen LogP contribution >= 0.6 is 0 Å². The molecule has 182 valence electrons. The lowest BCUT2D eigenvalue weighted by Crippen LogP contribution is -2.46. The number of likely N-dealkylation sites (tertiary alicyclic amines) is 1. The third-order valence-corrected chi connectivity index (χ3v) is 8.89. The molecule has 2 saturated heterocycles. The van der Waals surface area contributed by atoms with Crippen LogP contribution in [-0.4, -0.2) is 72.0 Å². The number of amides is 1. The maximum atomic E-state index is 13.1. The molecule has 4 rings (SSSR count). The van der Waals surface area contributed by atoms with E-state index in [1.54, 1.807) is 18.7 Å². The number of carbonyl (C=O) groups excluding carboxylic acids is 1. The summed E-state index contributed by atoms with van der Waals surface area (Å²) in [5.74, 6) is -0.549. The molecule has 3 aliphatic heterocycles. The normalized spacial score (nSPS) is 24.0. The Kier molecular flexibility index (Phi) is 6.17. The van der Waals surface area contributed by atoms with Crippen LogP contribution in [0.5, 0.6) is 11.5 Å². The Labute approximate surface area is 191 Å². The highest BCUT2D eigenvalue weighted by atomic mass is 32.2. The lowest BCUT2D eigenvalue weighted by Gasteiger charge is -2.33. The minimum absolute atomic E-state index is 0.0707. The topological polar surface area (TPSA) is 96.4 Å². The molecule has 0 spiro atoms. The summed E-state index contributed by atoms with van der Waals surface area (Å²) in [6, 6.07) is 4.23. The number of ether oxygens (including phenoxy) is 2. The van der Waals surface area contributed by atoms with Gasteiger partial charge in [-0.3, -0.25) is 4.79 Å². The van der Waals surface area contributed by atoms with Crippen molar-refractivity contribution in [1.29, 1.82) is 0 Å². The van der Waals surface area contributed by atoms with Gasteiger partial charge in [0.1, 0.15) is 0 Å².